The van der Waals surface area contributed by atoms with Gasteiger partial charge in [-0.3, -0.25) is 4.79 Å². The van der Waals surface area contributed by atoms with E-state index in [1.165, 1.54) is 0 Å². The maximum atomic E-state index is 13.3. The van der Waals surface area contributed by atoms with E-state index in [1.54, 1.807) is 4.90 Å². The summed E-state index contributed by atoms with van der Waals surface area (Å²) in [4.78, 5) is 27.8. The molecule has 1 fully saturated rings. The van der Waals surface area contributed by atoms with Gasteiger partial charge in [0.05, 0.1) is 6.61 Å². The number of urea groups is 1. The Morgan fingerprint density at radius 2 is 1.56 bits per heavy atom. The largest absolute Gasteiger partial charge is 0.494 e. The third-order valence-electron chi connectivity index (χ3n) is 5.85. The molecule has 3 aromatic carbocycles. The van der Waals surface area contributed by atoms with Gasteiger partial charge in [-0.05, 0) is 55.2 Å². The van der Waals surface area contributed by atoms with Gasteiger partial charge in [0, 0.05) is 30.3 Å². The van der Waals surface area contributed by atoms with Crippen LogP contribution >= 0.6 is 0 Å². The Balaban J connectivity index is 1.37. The van der Waals surface area contributed by atoms with Gasteiger partial charge >= 0.3 is 6.03 Å². The van der Waals surface area contributed by atoms with Crippen molar-refractivity contribution in [2.75, 3.05) is 25.0 Å². The normalized spacial score (nSPS) is 14.1. The Hall–Kier alpha value is -3.60. The maximum absolute atomic E-state index is 13.3. The first-order chi connectivity index (χ1) is 15.7. The number of ketones is 1. The van der Waals surface area contributed by atoms with Crippen molar-refractivity contribution in [3.8, 4) is 16.9 Å². The summed E-state index contributed by atoms with van der Waals surface area (Å²) >= 11 is 0. The Labute approximate surface area is 189 Å². The number of hydrogen-bond donors (Lipinski definition) is 1. The number of ether oxygens (including phenoxy) is 1. The fourth-order valence-electron chi connectivity index (χ4n) is 4.14. The number of anilines is 1. The van der Waals surface area contributed by atoms with Crippen molar-refractivity contribution in [1.82, 2.24) is 4.90 Å². The van der Waals surface area contributed by atoms with Crippen LogP contribution in [0, 0.1) is 5.92 Å². The fraction of sp³-hybridized carbons (Fsp3) is 0.259. The Kier molecular flexibility index (Phi) is 6.85. The average Bonchev–Trinajstić information content (AvgIpc) is 2.85. The molecule has 5 heteroatoms. The molecule has 0 aromatic heterocycles. The molecular formula is C27H28N2O3. The van der Waals surface area contributed by atoms with Crippen LogP contribution in [0.4, 0.5) is 10.5 Å². The van der Waals surface area contributed by atoms with Crippen molar-refractivity contribution in [2.45, 2.75) is 19.8 Å². The number of hydrogen-bond acceptors (Lipinski definition) is 3. The van der Waals surface area contributed by atoms with E-state index < -0.39 is 0 Å². The SMILES string of the molecule is CCOc1ccc(NC(=O)N2CCC(C(=O)c3ccccc3-c3ccccc3)CC2)cc1. The minimum absolute atomic E-state index is 0.0746. The van der Waals surface area contributed by atoms with Gasteiger partial charge in [-0.25, -0.2) is 4.79 Å². The highest BCUT2D eigenvalue weighted by Crippen LogP contribution is 2.29. The minimum Gasteiger partial charge on any atom is -0.494 e. The summed E-state index contributed by atoms with van der Waals surface area (Å²) in [6.45, 7) is 3.67. The first-order valence-electron chi connectivity index (χ1n) is 11.1. The Bertz CT molecular complexity index is 1060. The zero-order valence-corrected chi connectivity index (χ0v) is 18.3. The molecule has 1 N–H and O–H groups in total. The van der Waals surface area contributed by atoms with Crippen LogP contribution in [0.2, 0.25) is 0 Å². The molecular weight excluding hydrogens is 400 g/mol. The van der Waals surface area contributed by atoms with Gasteiger partial charge < -0.3 is 15.0 Å². The lowest BCUT2D eigenvalue weighted by Gasteiger charge is -2.31. The second-order valence-corrected chi connectivity index (χ2v) is 7.92. The molecule has 32 heavy (non-hydrogen) atoms. The van der Waals surface area contributed by atoms with Crippen LogP contribution in [0.1, 0.15) is 30.1 Å². The first-order valence-corrected chi connectivity index (χ1v) is 11.1. The summed E-state index contributed by atoms with van der Waals surface area (Å²) < 4.78 is 5.43. The number of piperidine rings is 1. The second kappa shape index (κ2) is 10.1. The number of carbonyl (C=O) groups is 2. The average molecular weight is 429 g/mol. The molecule has 5 nitrogen and oxygen atoms in total. The maximum Gasteiger partial charge on any atom is 0.321 e. The zero-order valence-electron chi connectivity index (χ0n) is 18.3. The van der Waals surface area contributed by atoms with E-state index in [4.69, 9.17) is 4.74 Å². The van der Waals surface area contributed by atoms with E-state index in [9.17, 15) is 9.59 Å². The third kappa shape index (κ3) is 4.99. The van der Waals surface area contributed by atoms with E-state index in [2.05, 4.69) is 5.32 Å². The van der Waals surface area contributed by atoms with Gasteiger partial charge in [0.2, 0.25) is 0 Å². The molecule has 4 rings (SSSR count). The van der Waals surface area contributed by atoms with Crippen LogP contribution in [-0.4, -0.2) is 36.4 Å². The predicted octanol–water partition coefficient (Wildman–Crippen LogP) is 5.88. The molecule has 1 aliphatic heterocycles. The van der Waals surface area contributed by atoms with Gasteiger partial charge in [-0.1, -0.05) is 54.6 Å². The number of benzene rings is 3. The monoisotopic (exact) mass is 428 g/mol. The van der Waals surface area contributed by atoms with E-state index in [-0.39, 0.29) is 17.7 Å². The topological polar surface area (TPSA) is 58.6 Å². The number of rotatable bonds is 6. The molecule has 0 unspecified atom stereocenters. The lowest BCUT2D eigenvalue weighted by molar-refractivity contribution is 0.0860. The molecule has 0 atom stereocenters. The summed E-state index contributed by atoms with van der Waals surface area (Å²) in [5, 5.41) is 2.93. The van der Waals surface area contributed by atoms with Crippen LogP contribution < -0.4 is 10.1 Å². The van der Waals surface area contributed by atoms with Crippen molar-refractivity contribution in [2.24, 2.45) is 5.92 Å². The molecule has 0 aliphatic carbocycles. The van der Waals surface area contributed by atoms with Crippen molar-refractivity contribution >= 4 is 17.5 Å². The van der Waals surface area contributed by atoms with Crippen LogP contribution in [-0.2, 0) is 0 Å². The fourth-order valence-corrected chi connectivity index (χ4v) is 4.14. The van der Waals surface area contributed by atoms with Gasteiger partial charge in [-0.15, -0.1) is 0 Å². The van der Waals surface area contributed by atoms with Gasteiger partial charge in [-0.2, -0.15) is 0 Å². The predicted molar refractivity (Wildman–Crippen MR) is 127 cm³/mol. The molecule has 2 amide bonds. The second-order valence-electron chi connectivity index (χ2n) is 7.92. The third-order valence-corrected chi connectivity index (χ3v) is 5.85. The molecule has 0 saturated carbocycles. The standard InChI is InChI=1S/C27H28N2O3/c1-2-32-23-14-12-22(13-15-23)28-27(31)29-18-16-21(17-19-29)26(30)25-11-7-6-10-24(25)20-8-4-3-5-9-20/h3-15,21H,2,16-19H2,1H3,(H,28,31). The molecule has 3 aromatic rings. The molecule has 0 bridgehead atoms. The summed E-state index contributed by atoms with van der Waals surface area (Å²) in [5.41, 5.74) is 3.50. The van der Waals surface area contributed by atoms with E-state index in [1.807, 2.05) is 85.8 Å². The van der Waals surface area contributed by atoms with Crippen molar-refractivity contribution in [3.05, 3.63) is 84.4 Å². The number of nitrogens with one attached hydrogen (secondary N) is 1. The van der Waals surface area contributed by atoms with E-state index in [0.717, 1.165) is 28.1 Å². The van der Waals surface area contributed by atoms with Gasteiger partial charge in [0.15, 0.2) is 5.78 Å². The summed E-state index contributed by atoms with van der Waals surface area (Å²) in [6.07, 6.45) is 1.33. The number of Topliss-reactive ketones (excluding diaryl/α,β-unsaturated/α-hetero) is 1. The highest BCUT2D eigenvalue weighted by Gasteiger charge is 2.29. The molecule has 0 radical (unpaired) electrons. The summed E-state index contributed by atoms with van der Waals surface area (Å²) in [5.74, 6) is 0.867. The van der Waals surface area contributed by atoms with Crippen LogP contribution in [0.25, 0.3) is 11.1 Å². The van der Waals surface area contributed by atoms with Gasteiger partial charge in [0.25, 0.3) is 0 Å². The van der Waals surface area contributed by atoms with Crippen LogP contribution in [0.3, 0.4) is 0 Å². The van der Waals surface area contributed by atoms with Crippen molar-refractivity contribution in [1.29, 1.82) is 0 Å². The number of nitrogens with zero attached hydrogens (tertiary/aromatic N) is 1. The number of carbonyl (C=O) groups excluding carboxylic acids is 2. The van der Waals surface area contributed by atoms with Crippen molar-refractivity contribution < 1.29 is 14.3 Å². The highest BCUT2D eigenvalue weighted by molar-refractivity contribution is 6.03. The summed E-state index contributed by atoms with van der Waals surface area (Å²) in [6, 6.07) is 25.0. The van der Waals surface area contributed by atoms with E-state index in [0.29, 0.717) is 32.5 Å². The lowest BCUT2D eigenvalue weighted by Crippen LogP contribution is -2.42. The Morgan fingerprint density at radius 3 is 2.25 bits per heavy atom. The number of amides is 2. The van der Waals surface area contributed by atoms with Crippen LogP contribution in [0.15, 0.2) is 78.9 Å². The van der Waals surface area contributed by atoms with Gasteiger partial charge in [0.1, 0.15) is 5.75 Å². The van der Waals surface area contributed by atoms with Crippen molar-refractivity contribution in [3.63, 3.8) is 0 Å². The van der Waals surface area contributed by atoms with E-state index >= 15 is 0 Å². The first kappa shape index (κ1) is 21.6. The van der Waals surface area contributed by atoms with Crippen LogP contribution in [0.5, 0.6) is 5.75 Å². The number of likely N-dealkylation sites (tertiary alicyclic amines) is 1. The highest BCUT2D eigenvalue weighted by atomic mass is 16.5. The minimum atomic E-state index is -0.134. The molecule has 164 valence electrons. The zero-order chi connectivity index (χ0) is 22.3. The molecule has 0 spiro atoms. The smallest absolute Gasteiger partial charge is 0.321 e. The lowest BCUT2D eigenvalue weighted by atomic mass is 9.86. The summed E-state index contributed by atoms with van der Waals surface area (Å²) in [7, 11) is 0. The molecule has 1 aliphatic rings. The quantitative estimate of drug-likeness (QED) is 0.499. The molecule has 1 saturated heterocycles. The molecule has 1 heterocycles. The Morgan fingerprint density at radius 1 is 0.906 bits per heavy atom.